The molecule has 1 aromatic rings. The van der Waals surface area contributed by atoms with Gasteiger partial charge >= 0.3 is 5.97 Å². The lowest BCUT2D eigenvalue weighted by Crippen LogP contribution is -2.40. The van der Waals surface area contributed by atoms with Crippen LogP contribution in [0, 0.1) is 5.92 Å². The zero-order chi connectivity index (χ0) is 15.4. The number of halogens is 1. The van der Waals surface area contributed by atoms with Crippen LogP contribution in [0.4, 0.5) is 0 Å². The van der Waals surface area contributed by atoms with Crippen molar-refractivity contribution < 1.29 is 9.90 Å². The summed E-state index contributed by atoms with van der Waals surface area (Å²) in [4.78, 5) is 13.8. The predicted molar refractivity (Wildman–Crippen MR) is 85.9 cm³/mol. The highest BCUT2D eigenvalue weighted by atomic mass is 35.5. The molecule has 0 saturated carbocycles. The summed E-state index contributed by atoms with van der Waals surface area (Å²) in [5, 5.41) is 9.91. The minimum atomic E-state index is -0.898. The first-order valence-corrected chi connectivity index (χ1v) is 8.11. The van der Waals surface area contributed by atoms with Gasteiger partial charge in [-0.3, -0.25) is 4.90 Å². The minimum Gasteiger partial charge on any atom is -0.478 e. The molecular weight excluding hydrogens is 286 g/mol. The van der Waals surface area contributed by atoms with Gasteiger partial charge in [0.25, 0.3) is 0 Å². The smallest absolute Gasteiger partial charge is 0.336 e. The monoisotopic (exact) mass is 309 g/mol. The number of carboxylic acid groups (broad SMARTS) is 1. The molecule has 0 radical (unpaired) electrons. The molecule has 0 spiro atoms. The summed E-state index contributed by atoms with van der Waals surface area (Å²) in [5.41, 5.74) is 1.08. The lowest BCUT2D eigenvalue weighted by atomic mass is 9.93. The molecule has 2 rings (SSSR count). The molecule has 3 nitrogen and oxygen atoms in total. The fraction of sp³-hybridized carbons (Fsp3) is 0.588. The average Bonchev–Trinajstić information content (AvgIpc) is 2.42. The number of piperidine rings is 1. The van der Waals surface area contributed by atoms with Gasteiger partial charge in [-0.1, -0.05) is 37.9 Å². The molecular formula is C17H24ClNO2. The average molecular weight is 310 g/mol. The Kier molecular flexibility index (Phi) is 5.65. The largest absolute Gasteiger partial charge is 0.478 e. The highest BCUT2D eigenvalue weighted by Crippen LogP contribution is 2.28. The SMILES string of the molecule is CC(C)CC1CCCCN1Cc1c(Cl)cccc1C(=O)O. The van der Waals surface area contributed by atoms with E-state index in [9.17, 15) is 9.90 Å². The number of likely N-dealkylation sites (tertiary alicyclic amines) is 1. The molecule has 21 heavy (non-hydrogen) atoms. The first-order valence-electron chi connectivity index (χ1n) is 7.73. The second-order valence-corrected chi connectivity index (χ2v) is 6.73. The number of aromatic carboxylic acids is 1. The Labute approximate surface area is 131 Å². The van der Waals surface area contributed by atoms with Crippen LogP contribution in [0.5, 0.6) is 0 Å². The Bertz CT molecular complexity index is 502. The van der Waals surface area contributed by atoms with E-state index in [0.29, 0.717) is 29.1 Å². The van der Waals surface area contributed by atoms with Crippen LogP contribution >= 0.6 is 11.6 Å². The van der Waals surface area contributed by atoms with E-state index in [-0.39, 0.29) is 0 Å². The van der Waals surface area contributed by atoms with Crippen LogP contribution in [0.2, 0.25) is 5.02 Å². The van der Waals surface area contributed by atoms with Crippen molar-refractivity contribution >= 4 is 17.6 Å². The number of hydrogen-bond donors (Lipinski definition) is 1. The molecule has 116 valence electrons. The lowest BCUT2D eigenvalue weighted by Gasteiger charge is -2.37. The van der Waals surface area contributed by atoms with Gasteiger partial charge in [-0.25, -0.2) is 4.79 Å². The Hall–Kier alpha value is -1.06. The van der Waals surface area contributed by atoms with E-state index in [2.05, 4.69) is 18.7 Å². The number of carbonyl (C=O) groups is 1. The maximum atomic E-state index is 11.4. The fourth-order valence-corrected chi connectivity index (χ4v) is 3.44. The summed E-state index contributed by atoms with van der Waals surface area (Å²) in [5.74, 6) is -0.245. The van der Waals surface area contributed by atoms with Crippen molar-refractivity contribution in [3.05, 3.63) is 34.3 Å². The first kappa shape index (κ1) is 16.3. The van der Waals surface area contributed by atoms with Crippen LogP contribution in [-0.4, -0.2) is 28.6 Å². The molecule has 1 heterocycles. The van der Waals surface area contributed by atoms with E-state index >= 15 is 0 Å². The second kappa shape index (κ2) is 7.28. The lowest BCUT2D eigenvalue weighted by molar-refractivity contribution is 0.0691. The first-order chi connectivity index (χ1) is 9.99. The van der Waals surface area contributed by atoms with E-state index in [1.807, 2.05) is 0 Å². The van der Waals surface area contributed by atoms with Crippen molar-refractivity contribution in [3.63, 3.8) is 0 Å². The molecule has 1 atom stereocenters. The maximum Gasteiger partial charge on any atom is 0.336 e. The Balaban J connectivity index is 2.21. The summed E-state index contributed by atoms with van der Waals surface area (Å²) in [6, 6.07) is 5.67. The number of benzene rings is 1. The van der Waals surface area contributed by atoms with Gasteiger partial charge in [-0.2, -0.15) is 0 Å². The number of hydrogen-bond acceptors (Lipinski definition) is 2. The van der Waals surface area contributed by atoms with Crippen molar-refractivity contribution in [2.24, 2.45) is 5.92 Å². The van der Waals surface area contributed by atoms with E-state index in [4.69, 9.17) is 11.6 Å². The molecule has 4 heteroatoms. The highest BCUT2D eigenvalue weighted by Gasteiger charge is 2.25. The normalized spacial score (nSPS) is 19.9. The van der Waals surface area contributed by atoms with Gasteiger partial charge in [-0.05, 0) is 49.4 Å². The molecule has 1 fully saturated rings. The zero-order valence-electron chi connectivity index (χ0n) is 12.8. The van der Waals surface area contributed by atoms with Gasteiger partial charge < -0.3 is 5.11 Å². The number of nitrogens with zero attached hydrogens (tertiary/aromatic N) is 1. The third kappa shape index (κ3) is 4.21. The minimum absolute atomic E-state index is 0.330. The Morgan fingerprint density at radius 2 is 2.19 bits per heavy atom. The van der Waals surface area contributed by atoms with E-state index in [1.165, 1.54) is 19.3 Å². The molecule has 0 bridgehead atoms. The van der Waals surface area contributed by atoms with Crippen LogP contribution in [0.15, 0.2) is 18.2 Å². The third-order valence-electron chi connectivity index (χ3n) is 4.20. The maximum absolute atomic E-state index is 11.4. The molecule has 1 unspecified atom stereocenters. The topological polar surface area (TPSA) is 40.5 Å². The molecule has 1 aromatic carbocycles. The molecule has 0 amide bonds. The number of carboxylic acids is 1. The Morgan fingerprint density at radius 1 is 1.43 bits per heavy atom. The van der Waals surface area contributed by atoms with E-state index in [1.54, 1.807) is 18.2 Å². The van der Waals surface area contributed by atoms with Crippen molar-refractivity contribution in [1.29, 1.82) is 0 Å². The van der Waals surface area contributed by atoms with Crippen molar-refractivity contribution in [2.45, 2.75) is 52.1 Å². The molecule has 1 aliphatic heterocycles. The van der Waals surface area contributed by atoms with Gasteiger partial charge in [0.05, 0.1) is 5.56 Å². The zero-order valence-corrected chi connectivity index (χ0v) is 13.6. The van der Waals surface area contributed by atoms with Crippen LogP contribution in [0.3, 0.4) is 0 Å². The van der Waals surface area contributed by atoms with E-state index in [0.717, 1.165) is 18.5 Å². The Morgan fingerprint density at radius 3 is 2.86 bits per heavy atom. The number of rotatable bonds is 5. The summed E-state index contributed by atoms with van der Waals surface area (Å²) in [6.07, 6.45) is 4.81. The van der Waals surface area contributed by atoms with Gasteiger partial charge in [0.15, 0.2) is 0 Å². The van der Waals surface area contributed by atoms with Crippen molar-refractivity contribution in [3.8, 4) is 0 Å². The molecule has 1 N–H and O–H groups in total. The van der Waals surface area contributed by atoms with Crippen molar-refractivity contribution in [1.82, 2.24) is 4.90 Å². The molecule has 1 saturated heterocycles. The second-order valence-electron chi connectivity index (χ2n) is 6.32. The summed E-state index contributed by atoms with van der Waals surface area (Å²) in [7, 11) is 0. The van der Waals surface area contributed by atoms with Crippen LogP contribution < -0.4 is 0 Å². The van der Waals surface area contributed by atoms with Crippen LogP contribution in [-0.2, 0) is 6.54 Å². The molecule has 0 aromatic heterocycles. The quantitative estimate of drug-likeness (QED) is 0.874. The summed E-state index contributed by atoms with van der Waals surface area (Å²) >= 11 is 6.26. The van der Waals surface area contributed by atoms with Gasteiger partial charge in [0, 0.05) is 17.6 Å². The van der Waals surface area contributed by atoms with Gasteiger partial charge in [0.1, 0.15) is 0 Å². The molecule has 0 aliphatic carbocycles. The third-order valence-corrected chi connectivity index (χ3v) is 4.56. The van der Waals surface area contributed by atoms with Crippen LogP contribution in [0.25, 0.3) is 0 Å². The predicted octanol–water partition coefficient (Wildman–Crippen LogP) is 4.44. The van der Waals surface area contributed by atoms with E-state index < -0.39 is 5.97 Å². The standard InChI is InChI=1S/C17H24ClNO2/c1-12(2)10-13-6-3-4-9-19(13)11-15-14(17(20)21)7-5-8-16(15)18/h5,7-8,12-13H,3-4,6,9-11H2,1-2H3,(H,20,21). The van der Waals surface area contributed by atoms with Crippen LogP contribution in [0.1, 0.15) is 55.5 Å². The van der Waals surface area contributed by atoms with Crippen molar-refractivity contribution in [2.75, 3.05) is 6.54 Å². The highest BCUT2D eigenvalue weighted by molar-refractivity contribution is 6.31. The van der Waals surface area contributed by atoms with Gasteiger partial charge in [0.2, 0.25) is 0 Å². The molecule has 1 aliphatic rings. The summed E-state index contributed by atoms with van der Waals surface area (Å²) < 4.78 is 0. The summed E-state index contributed by atoms with van der Waals surface area (Å²) in [6.45, 7) is 6.15. The fourth-order valence-electron chi connectivity index (χ4n) is 3.20. The van der Waals surface area contributed by atoms with Gasteiger partial charge in [-0.15, -0.1) is 0 Å².